The highest BCUT2D eigenvalue weighted by molar-refractivity contribution is 6.30. The van der Waals surface area contributed by atoms with Crippen LogP contribution in [0.2, 0.25) is 5.02 Å². The van der Waals surface area contributed by atoms with E-state index >= 15 is 0 Å². The first-order valence-electron chi connectivity index (χ1n) is 8.95. The molecule has 1 heterocycles. The zero-order chi connectivity index (χ0) is 22.3. The van der Waals surface area contributed by atoms with E-state index in [4.69, 9.17) is 26.2 Å². The van der Waals surface area contributed by atoms with Crippen molar-refractivity contribution in [3.63, 3.8) is 0 Å². The van der Waals surface area contributed by atoms with Gasteiger partial charge in [0.1, 0.15) is 12.4 Å². The highest BCUT2D eigenvalue weighted by Gasteiger charge is 2.38. The lowest BCUT2D eigenvalue weighted by Gasteiger charge is -2.23. The second-order valence-corrected chi connectivity index (χ2v) is 6.98. The Morgan fingerprint density at radius 3 is 2.30 bits per heavy atom. The number of carbonyl (C=O) groups is 1. The molecule has 0 aliphatic carbocycles. The van der Waals surface area contributed by atoms with Crippen molar-refractivity contribution in [1.82, 2.24) is 5.32 Å². The van der Waals surface area contributed by atoms with Crippen LogP contribution in [0.1, 0.15) is 29.9 Å². The van der Waals surface area contributed by atoms with Crippen LogP contribution >= 0.6 is 11.6 Å². The number of hydrogen-bond acceptors (Lipinski definition) is 3. The van der Waals surface area contributed by atoms with E-state index in [2.05, 4.69) is 5.32 Å². The first kappa shape index (κ1) is 23.9. The Labute approximate surface area is 174 Å². The van der Waals surface area contributed by atoms with Crippen molar-refractivity contribution in [2.45, 2.75) is 31.5 Å². The van der Waals surface area contributed by atoms with Gasteiger partial charge in [-0.05, 0) is 61.7 Å². The summed E-state index contributed by atoms with van der Waals surface area (Å²) in [5.41, 5.74) is 1.42. The standard InChI is InChI=1S/C18H18ClF2NO.C2HF3O2/c19-15-3-1-14(17(21)10-15)11-23-18-9-13(2-4-16(18)20)12-5-7-22-8-6-12;3-2(4,5)1(6)7/h1-4,9-10,12,22H,5-8,11H2;(H,6,7). The van der Waals surface area contributed by atoms with Crippen molar-refractivity contribution in [3.8, 4) is 5.75 Å². The molecule has 1 aliphatic heterocycles. The molecule has 0 saturated carbocycles. The lowest BCUT2D eigenvalue weighted by Crippen LogP contribution is -2.26. The number of piperidine rings is 1. The minimum Gasteiger partial charge on any atom is -0.486 e. The molecule has 0 aromatic heterocycles. The van der Waals surface area contributed by atoms with Crippen LogP contribution in [0, 0.1) is 11.6 Å². The highest BCUT2D eigenvalue weighted by Crippen LogP contribution is 2.30. The van der Waals surface area contributed by atoms with Crippen LogP contribution in [0.15, 0.2) is 36.4 Å². The maximum absolute atomic E-state index is 14.0. The molecule has 2 N–H and O–H groups in total. The Morgan fingerprint density at radius 2 is 1.73 bits per heavy atom. The summed E-state index contributed by atoms with van der Waals surface area (Å²) in [7, 11) is 0. The Hall–Kier alpha value is -2.39. The van der Waals surface area contributed by atoms with Crippen molar-refractivity contribution >= 4 is 17.6 Å². The fourth-order valence-corrected chi connectivity index (χ4v) is 2.99. The SMILES string of the molecule is Fc1cc(Cl)ccc1COc1cc(C2CCNCC2)ccc1F.O=C(O)C(F)(F)F. The van der Waals surface area contributed by atoms with E-state index in [1.165, 1.54) is 12.1 Å². The third-order valence-electron chi connectivity index (χ3n) is 4.41. The van der Waals surface area contributed by atoms with Gasteiger partial charge in [-0.25, -0.2) is 13.6 Å². The molecule has 30 heavy (non-hydrogen) atoms. The number of halogens is 6. The Kier molecular flexibility index (Phi) is 8.43. The summed E-state index contributed by atoms with van der Waals surface area (Å²) in [6.45, 7) is 1.90. The van der Waals surface area contributed by atoms with Gasteiger partial charge in [0, 0.05) is 10.6 Å². The first-order chi connectivity index (χ1) is 14.1. The average Bonchev–Trinajstić information content (AvgIpc) is 2.69. The second kappa shape index (κ2) is 10.6. The van der Waals surface area contributed by atoms with Gasteiger partial charge in [-0.15, -0.1) is 0 Å². The predicted molar refractivity (Wildman–Crippen MR) is 101 cm³/mol. The zero-order valence-electron chi connectivity index (χ0n) is 15.6. The maximum atomic E-state index is 14.0. The van der Waals surface area contributed by atoms with E-state index in [1.807, 2.05) is 0 Å². The molecule has 0 unspecified atom stereocenters. The number of nitrogens with one attached hydrogen (secondary N) is 1. The molecule has 164 valence electrons. The van der Waals surface area contributed by atoms with E-state index in [9.17, 15) is 22.0 Å². The molecular weight excluding hydrogens is 433 g/mol. The molecule has 2 aromatic carbocycles. The second-order valence-electron chi connectivity index (χ2n) is 6.54. The van der Waals surface area contributed by atoms with Crippen LogP contribution < -0.4 is 10.1 Å². The van der Waals surface area contributed by atoms with Crippen LogP contribution in [0.5, 0.6) is 5.75 Å². The van der Waals surface area contributed by atoms with Crippen molar-refractivity contribution in [1.29, 1.82) is 0 Å². The van der Waals surface area contributed by atoms with Crippen molar-refractivity contribution in [3.05, 3.63) is 64.2 Å². The molecule has 2 aromatic rings. The van der Waals surface area contributed by atoms with Crippen LogP contribution in [0.4, 0.5) is 22.0 Å². The molecule has 1 saturated heterocycles. The molecule has 3 rings (SSSR count). The van der Waals surface area contributed by atoms with Crippen molar-refractivity contribution in [2.75, 3.05) is 13.1 Å². The van der Waals surface area contributed by atoms with Crippen LogP contribution in [0.3, 0.4) is 0 Å². The summed E-state index contributed by atoms with van der Waals surface area (Å²) in [5, 5.41) is 10.8. The van der Waals surface area contributed by atoms with E-state index in [0.29, 0.717) is 16.5 Å². The van der Waals surface area contributed by atoms with Crippen molar-refractivity contribution < 1.29 is 36.6 Å². The predicted octanol–water partition coefficient (Wildman–Crippen LogP) is 5.30. The van der Waals surface area contributed by atoms with Gasteiger partial charge in [-0.3, -0.25) is 0 Å². The minimum absolute atomic E-state index is 0.0321. The number of carboxylic acids is 1. The topological polar surface area (TPSA) is 58.6 Å². The summed E-state index contributed by atoms with van der Waals surface area (Å²) in [5.74, 6) is -3.07. The van der Waals surface area contributed by atoms with Gasteiger partial charge in [0.2, 0.25) is 0 Å². The Morgan fingerprint density at radius 1 is 1.10 bits per heavy atom. The van der Waals surface area contributed by atoms with Gasteiger partial charge in [0.05, 0.1) is 0 Å². The summed E-state index contributed by atoms with van der Waals surface area (Å²) >= 11 is 5.72. The van der Waals surface area contributed by atoms with Crippen molar-refractivity contribution in [2.24, 2.45) is 0 Å². The minimum atomic E-state index is -5.08. The van der Waals surface area contributed by atoms with Gasteiger partial charge < -0.3 is 15.2 Å². The van der Waals surface area contributed by atoms with E-state index in [0.717, 1.165) is 31.5 Å². The third-order valence-corrected chi connectivity index (χ3v) is 4.64. The lowest BCUT2D eigenvalue weighted by molar-refractivity contribution is -0.192. The smallest absolute Gasteiger partial charge is 0.486 e. The lowest BCUT2D eigenvalue weighted by atomic mass is 9.90. The molecule has 4 nitrogen and oxygen atoms in total. The molecule has 1 aliphatic rings. The zero-order valence-corrected chi connectivity index (χ0v) is 16.4. The van der Waals surface area contributed by atoms with Gasteiger partial charge in [0.15, 0.2) is 11.6 Å². The first-order valence-corrected chi connectivity index (χ1v) is 9.32. The number of ether oxygens (including phenoxy) is 1. The molecule has 1 fully saturated rings. The van der Waals surface area contributed by atoms with E-state index in [1.54, 1.807) is 24.3 Å². The van der Waals surface area contributed by atoms with Crippen LogP contribution in [-0.4, -0.2) is 30.3 Å². The number of benzene rings is 2. The molecular formula is C20H19ClF5NO3. The number of hydrogen-bond donors (Lipinski definition) is 2. The molecule has 0 amide bonds. The monoisotopic (exact) mass is 451 g/mol. The number of carboxylic acid groups (broad SMARTS) is 1. The Balaban J connectivity index is 0.000000396. The third kappa shape index (κ3) is 7.14. The van der Waals surface area contributed by atoms with Gasteiger partial charge in [0.25, 0.3) is 0 Å². The number of rotatable bonds is 4. The van der Waals surface area contributed by atoms with Gasteiger partial charge >= 0.3 is 12.1 Å². The number of alkyl halides is 3. The summed E-state index contributed by atoms with van der Waals surface area (Å²) in [6.07, 6.45) is -3.03. The van der Waals surface area contributed by atoms with E-state index < -0.39 is 23.8 Å². The summed E-state index contributed by atoms with van der Waals surface area (Å²) < 4.78 is 64.9. The molecule has 0 atom stereocenters. The normalized spacial score (nSPS) is 14.6. The maximum Gasteiger partial charge on any atom is 0.490 e. The van der Waals surface area contributed by atoms with Crippen LogP contribution in [0.25, 0.3) is 0 Å². The Bertz CT molecular complexity index is 870. The van der Waals surface area contributed by atoms with E-state index in [-0.39, 0.29) is 12.4 Å². The average molecular weight is 452 g/mol. The van der Waals surface area contributed by atoms with Crippen LogP contribution in [-0.2, 0) is 11.4 Å². The molecule has 0 radical (unpaired) electrons. The molecule has 0 bridgehead atoms. The number of aliphatic carboxylic acids is 1. The quantitative estimate of drug-likeness (QED) is 0.619. The fourth-order valence-electron chi connectivity index (χ4n) is 2.83. The largest absolute Gasteiger partial charge is 0.490 e. The summed E-state index contributed by atoms with van der Waals surface area (Å²) in [4.78, 5) is 8.90. The van der Waals surface area contributed by atoms with Gasteiger partial charge in [-0.1, -0.05) is 23.7 Å². The fraction of sp³-hybridized carbons (Fsp3) is 0.350. The van der Waals surface area contributed by atoms with Gasteiger partial charge in [-0.2, -0.15) is 13.2 Å². The highest BCUT2D eigenvalue weighted by atomic mass is 35.5. The summed E-state index contributed by atoms with van der Waals surface area (Å²) in [6, 6.07) is 9.32. The molecule has 0 spiro atoms. The molecule has 10 heteroatoms.